The number of rotatable bonds is 3. The first-order valence-electron chi connectivity index (χ1n) is 6.20. The Hall–Kier alpha value is -1.20. The molecule has 0 heterocycles. The van der Waals surface area contributed by atoms with Crippen molar-refractivity contribution >= 4 is 37.6 Å². The number of ketones is 1. The lowest BCUT2D eigenvalue weighted by molar-refractivity contribution is 0.103. The normalized spacial score (nSPS) is 10.6. The number of carbonyl (C=O) groups is 1. The lowest BCUT2D eigenvalue weighted by Gasteiger charge is -2.15. The van der Waals surface area contributed by atoms with Crippen LogP contribution in [0.4, 0.5) is 4.39 Å². The molecule has 2 aromatic carbocycles. The number of carbonyl (C=O) groups excluding carboxylic acids is 1. The summed E-state index contributed by atoms with van der Waals surface area (Å²) in [5.74, 6) is -0.0590. The molecule has 0 saturated carbocycles. The maximum Gasteiger partial charge on any atom is 0.197 e. The van der Waals surface area contributed by atoms with Gasteiger partial charge in [-0.3, -0.25) is 4.79 Å². The smallest absolute Gasteiger partial charge is 0.197 e. The zero-order chi connectivity index (χ0) is 15.7. The van der Waals surface area contributed by atoms with Crippen LogP contribution in [0.15, 0.2) is 33.2 Å². The minimum Gasteiger partial charge on any atom is -0.496 e. The van der Waals surface area contributed by atoms with Crippen molar-refractivity contribution < 1.29 is 13.9 Å². The van der Waals surface area contributed by atoms with E-state index in [0.29, 0.717) is 16.9 Å². The van der Waals surface area contributed by atoms with E-state index in [9.17, 15) is 9.18 Å². The summed E-state index contributed by atoms with van der Waals surface area (Å²) in [5, 5.41) is 0. The summed E-state index contributed by atoms with van der Waals surface area (Å²) in [6, 6.07) is 6.12. The molecule has 0 bridgehead atoms. The molecular formula is C16H13Br2FO2. The van der Waals surface area contributed by atoms with E-state index in [4.69, 9.17) is 4.74 Å². The maximum absolute atomic E-state index is 13.3. The monoisotopic (exact) mass is 414 g/mol. The molecule has 2 rings (SSSR count). The van der Waals surface area contributed by atoms with Gasteiger partial charge in [-0.15, -0.1) is 0 Å². The van der Waals surface area contributed by atoms with Gasteiger partial charge in [-0.1, -0.05) is 15.9 Å². The van der Waals surface area contributed by atoms with Crippen molar-refractivity contribution in [1.29, 1.82) is 0 Å². The van der Waals surface area contributed by atoms with Crippen molar-refractivity contribution in [1.82, 2.24) is 0 Å². The Kier molecular flexibility index (Phi) is 4.84. The fraction of sp³-hybridized carbons (Fsp3) is 0.188. The molecule has 0 aliphatic carbocycles. The standard InChI is InChI=1S/C16H13Br2FO2/c1-8-6-11(17)9(2)14(16(8)21-3)15(20)10-4-5-13(19)12(18)7-10/h4-7H,1-3H3. The summed E-state index contributed by atoms with van der Waals surface area (Å²) in [6.07, 6.45) is 0. The van der Waals surface area contributed by atoms with Gasteiger partial charge in [0.25, 0.3) is 0 Å². The van der Waals surface area contributed by atoms with Crippen molar-refractivity contribution in [2.24, 2.45) is 0 Å². The summed E-state index contributed by atoms with van der Waals surface area (Å²) < 4.78 is 19.8. The molecule has 0 aliphatic heterocycles. The Morgan fingerprint density at radius 1 is 1.14 bits per heavy atom. The maximum atomic E-state index is 13.3. The average Bonchev–Trinajstić information content (AvgIpc) is 2.44. The SMILES string of the molecule is COc1c(C)cc(Br)c(C)c1C(=O)c1ccc(F)c(Br)c1. The number of methoxy groups -OCH3 is 1. The molecule has 0 fully saturated rings. The molecule has 0 atom stereocenters. The van der Waals surface area contributed by atoms with Gasteiger partial charge in [-0.05, 0) is 65.2 Å². The number of halogens is 3. The minimum atomic E-state index is -0.402. The Bertz CT molecular complexity index is 727. The number of ether oxygens (including phenoxy) is 1. The van der Waals surface area contributed by atoms with E-state index in [1.54, 1.807) is 0 Å². The van der Waals surface area contributed by atoms with Gasteiger partial charge in [0.15, 0.2) is 5.78 Å². The van der Waals surface area contributed by atoms with Gasteiger partial charge in [0.1, 0.15) is 11.6 Å². The minimum absolute atomic E-state index is 0.200. The Balaban J connectivity index is 2.65. The second kappa shape index (κ2) is 6.28. The van der Waals surface area contributed by atoms with E-state index in [1.165, 1.54) is 25.3 Å². The molecule has 0 amide bonds. The zero-order valence-corrected chi connectivity index (χ0v) is 14.9. The highest BCUT2D eigenvalue weighted by atomic mass is 79.9. The lowest BCUT2D eigenvalue weighted by atomic mass is 9.96. The van der Waals surface area contributed by atoms with Crippen LogP contribution in [0.3, 0.4) is 0 Å². The number of aryl methyl sites for hydroxylation is 1. The summed E-state index contributed by atoms with van der Waals surface area (Å²) in [5.41, 5.74) is 2.55. The molecule has 0 N–H and O–H groups in total. The van der Waals surface area contributed by atoms with Gasteiger partial charge in [-0.25, -0.2) is 4.39 Å². The molecule has 0 spiro atoms. The second-order valence-electron chi connectivity index (χ2n) is 4.67. The van der Waals surface area contributed by atoms with E-state index in [-0.39, 0.29) is 10.3 Å². The van der Waals surface area contributed by atoms with Crippen molar-refractivity contribution in [2.45, 2.75) is 13.8 Å². The Morgan fingerprint density at radius 3 is 2.38 bits per heavy atom. The van der Waals surface area contributed by atoms with E-state index in [2.05, 4.69) is 31.9 Å². The first-order chi connectivity index (χ1) is 9.86. The molecule has 0 saturated heterocycles. The Morgan fingerprint density at radius 2 is 1.81 bits per heavy atom. The molecular weight excluding hydrogens is 403 g/mol. The molecule has 21 heavy (non-hydrogen) atoms. The molecule has 2 nitrogen and oxygen atoms in total. The molecule has 5 heteroatoms. The quantitative estimate of drug-likeness (QED) is 0.643. The molecule has 0 aromatic heterocycles. The van der Waals surface area contributed by atoms with Gasteiger partial charge in [0, 0.05) is 10.0 Å². The topological polar surface area (TPSA) is 26.3 Å². The van der Waals surface area contributed by atoms with Crippen LogP contribution in [-0.4, -0.2) is 12.9 Å². The van der Waals surface area contributed by atoms with E-state index >= 15 is 0 Å². The first-order valence-corrected chi connectivity index (χ1v) is 7.78. The summed E-state index contributed by atoms with van der Waals surface area (Å²) in [7, 11) is 1.53. The average molecular weight is 416 g/mol. The number of benzene rings is 2. The Labute approximate surface area is 139 Å². The third kappa shape index (κ3) is 3.04. The van der Waals surface area contributed by atoms with Gasteiger partial charge in [0.05, 0.1) is 17.1 Å². The zero-order valence-electron chi connectivity index (χ0n) is 11.8. The van der Waals surface area contributed by atoms with Crippen LogP contribution in [0.1, 0.15) is 27.0 Å². The predicted molar refractivity (Wildman–Crippen MR) is 87.7 cm³/mol. The largest absolute Gasteiger partial charge is 0.496 e. The van der Waals surface area contributed by atoms with Crippen LogP contribution in [0.25, 0.3) is 0 Å². The van der Waals surface area contributed by atoms with Crippen LogP contribution in [-0.2, 0) is 0 Å². The van der Waals surface area contributed by atoms with Gasteiger partial charge >= 0.3 is 0 Å². The van der Waals surface area contributed by atoms with Crippen LogP contribution < -0.4 is 4.74 Å². The van der Waals surface area contributed by atoms with E-state index in [0.717, 1.165) is 15.6 Å². The fourth-order valence-corrected chi connectivity index (χ4v) is 3.09. The van der Waals surface area contributed by atoms with Crippen LogP contribution in [0.2, 0.25) is 0 Å². The summed E-state index contributed by atoms with van der Waals surface area (Å²) >= 11 is 6.55. The van der Waals surface area contributed by atoms with Crippen molar-refractivity contribution in [3.63, 3.8) is 0 Å². The third-order valence-corrected chi connectivity index (χ3v) is 4.71. The number of hydrogen-bond acceptors (Lipinski definition) is 2. The van der Waals surface area contributed by atoms with Crippen LogP contribution in [0, 0.1) is 19.7 Å². The molecule has 2 aromatic rings. The van der Waals surface area contributed by atoms with Crippen LogP contribution in [0.5, 0.6) is 5.75 Å². The lowest BCUT2D eigenvalue weighted by Crippen LogP contribution is -2.08. The van der Waals surface area contributed by atoms with E-state index < -0.39 is 5.82 Å². The molecule has 0 aliphatic rings. The highest BCUT2D eigenvalue weighted by Gasteiger charge is 2.21. The second-order valence-corrected chi connectivity index (χ2v) is 6.38. The van der Waals surface area contributed by atoms with Crippen molar-refractivity contribution in [3.05, 3.63) is 61.3 Å². The van der Waals surface area contributed by atoms with Crippen LogP contribution >= 0.6 is 31.9 Å². The van der Waals surface area contributed by atoms with Crippen molar-refractivity contribution in [3.8, 4) is 5.75 Å². The van der Waals surface area contributed by atoms with Gasteiger partial charge in [0.2, 0.25) is 0 Å². The van der Waals surface area contributed by atoms with E-state index in [1.807, 2.05) is 19.9 Å². The third-order valence-electron chi connectivity index (χ3n) is 3.27. The van der Waals surface area contributed by atoms with Gasteiger partial charge in [-0.2, -0.15) is 0 Å². The highest BCUT2D eigenvalue weighted by Crippen LogP contribution is 2.34. The molecule has 110 valence electrons. The summed E-state index contributed by atoms with van der Waals surface area (Å²) in [6.45, 7) is 3.72. The predicted octanol–water partition coefficient (Wildman–Crippen LogP) is 5.21. The highest BCUT2D eigenvalue weighted by molar-refractivity contribution is 9.10. The molecule has 0 radical (unpaired) electrons. The van der Waals surface area contributed by atoms with Gasteiger partial charge < -0.3 is 4.74 Å². The number of hydrogen-bond donors (Lipinski definition) is 0. The molecule has 0 unspecified atom stereocenters. The first kappa shape index (κ1) is 16.2. The summed E-state index contributed by atoms with van der Waals surface area (Å²) in [4.78, 5) is 12.8. The fourth-order valence-electron chi connectivity index (χ4n) is 2.17. The van der Waals surface area contributed by atoms with Crippen molar-refractivity contribution in [2.75, 3.05) is 7.11 Å².